The van der Waals surface area contributed by atoms with Gasteiger partial charge in [-0.3, -0.25) is 5.84 Å². The zero-order valence-electron chi connectivity index (χ0n) is 14.5. The first-order valence-electron chi connectivity index (χ1n) is 7.32. The Morgan fingerprint density at radius 2 is 1.18 bits per heavy atom. The highest BCUT2D eigenvalue weighted by Crippen LogP contribution is 2.06. The van der Waals surface area contributed by atoms with Crippen molar-refractivity contribution in [1.82, 2.24) is 15.6 Å². The predicted octanol–water partition coefficient (Wildman–Crippen LogP) is 1.21. The molecule has 22 heavy (non-hydrogen) atoms. The summed E-state index contributed by atoms with van der Waals surface area (Å²) in [5.41, 5.74) is -1.05. The molecule has 0 rings (SSSR count). The molecule has 0 saturated heterocycles. The van der Waals surface area contributed by atoms with Gasteiger partial charge < -0.3 is 20.1 Å². The van der Waals surface area contributed by atoms with E-state index >= 15 is 0 Å². The van der Waals surface area contributed by atoms with E-state index in [1.165, 1.54) is 5.01 Å². The topological polar surface area (TPSA) is 106 Å². The number of nitrogens with zero attached hydrogens (tertiary/aromatic N) is 1. The molecule has 0 aliphatic rings. The van der Waals surface area contributed by atoms with E-state index in [9.17, 15) is 9.59 Å². The molecule has 2 amide bonds. The molecule has 0 aromatic heterocycles. The van der Waals surface area contributed by atoms with Crippen LogP contribution in [0.5, 0.6) is 0 Å². The van der Waals surface area contributed by atoms with Crippen molar-refractivity contribution >= 4 is 12.2 Å². The highest BCUT2D eigenvalue weighted by atomic mass is 16.6. The van der Waals surface area contributed by atoms with Gasteiger partial charge in [-0.15, -0.1) is 0 Å². The van der Waals surface area contributed by atoms with Crippen LogP contribution in [-0.4, -0.2) is 54.6 Å². The number of carbonyl (C=O) groups excluding carboxylic acids is 2. The Kier molecular flexibility index (Phi) is 8.18. The van der Waals surface area contributed by atoms with Gasteiger partial charge in [-0.2, -0.15) is 0 Å². The van der Waals surface area contributed by atoms with Crippen LogP contribution >= 0.6 is 0 Å². The Morgan fingerprint density at radius 1 is 0.864 bits per heavy atom. The smallest absolute Gasteiger partial charge is 0.407 e. The summed E-state index contributed by atoms with van der Waals surface area (Å²) in [7, 11) is 0. The quantitative estimate of drug-likeness (QED) is 0.502. The Balaban J connectivity index is 3.73. The summed E-state index contributed by atoms with van der Waals surface area (Å²) < 4.78 is 10.2. The largest absolute Gasteiger partial charge is 0.444 e. The molecule has 0 aromatic rings. The number of rotatable bonds is 6. The fourth-order valence-electron chi connectivity index (χ4n) is 1.34. The van der Waals surface area contributed by atoms with Crippen molar-refractivity contribution in [3.8, 4) is 0 Å². The van der Waals surface area contributed by atoms with E-state index in [1.807, 2.05) is 0 Å². The monoisotopic (exact) mass is 318 g/mol. The van der Waals surface area contributed by atoms with Crippen LogP contribution in [0.4, 0.5) is 9.59 Å². The molecule has 0 heterocycles. The number of hydrazine groups is 1. The van der Waals surface area contributed by atoms with E-state index in [0.29, 0.717) is 26.2 Å². The minimum absolute atomic E-state index is 0.359. The van der Waals surface area contributed by atoms with Crippen molar-refractivity contribution in [1.29, 1.82) is 0 Å². The predicted molar refractivity (Wildman–Crippen MR) is 84.2 cm³/mol. The van der Waals surface area contributed by atoms with Gasteiger partial charge in [0.15, 0.2) is 0 Å². The molecular formula is C14H30N4O4. The lowest BCUT2D eigenvalue weighted by atomic mass is 10.2. The molecule has 0 unspecified atom stereocenters. The second-order valence-corrected chi connectivity index (χ2v) is 6.89. The van der Waals surface area contributed by atoms with Crippen LogP contribution in [0.15, 0.2) is 0 Å². The van der Waals surface area contributed by atoms with Gasteiger partial charge in [-0.05, 0) is 41.5 Å². The van der Waals surface area contributed by atoms with Crippen molar-refractivity contribution in [3.63, 3.8) is 0 Å². The Hall–Kier alpha value is -1.54. The first-order chi connectivity index (χ1) is 9.89. The van der Waals surface area contributed by atoms with Gasteiger partial charge in [-0.25, -0.2) is 14.6 Å². The molecular weight excluding hydrogens is 288 g/mol. The first kappa shape index (κ1) is 20.5. The Bertz CT molecular complexity index is 327. The fraction of sp³-hybridized carbons (Fsp3) is 0.857. The SMILES string of the molecule is CC(C)(C)OC(=O)NCCN(N)CCNC(=O)OC(C)(C)C. The number of ether oxygens (including phenoxy) is 2. The highest BCUT2D eigenvalue weighted by molar-refractivity contribution is 5.67. The summed E-state index contributed by atoms with van der Waals surface area (Å²) in [6.45, 7) is 12.4. The Labute approximate surface area is 132 Å². The standard InChI is InChI=1S/C14H30N4O4/c1-13(2,3)21-11(19)16-7-9-18(15)10-8-17-12(20)22-14(4,5)6/h7-10,15H2,1-6H3,(H,16,19)(H,17,20). The normalized spacial score (nSPS) is 12.0. The second-order valence-electron chi connectivity index (χ2n) is 6.89. The molecule has 8 heteroatoms. The van der Waals surface area contributed by atoms with E-state index in [4.69, 9.17) is 15.3 Å². The van der Waals surface area contributed by atoms with E-state index < -0.39 is 23.4 Å². The number of hydrogen-bond acceptors (Lipinski definition) is 6. The average molecular weight is 318 g/mol. The molecule has 0 atom stereocenters. The third kappa shape index (κ3) is 13.4. The lowest BCUT2D eigenvalue weighted by Gasteiger charge is -2.22. The molecule has 0 aromatic carbocycles. The van der Waals surface area contributed by atoms with Gasteiger partial charge in [0.05, 0.1) is 0 Å². The third-order valence-electron chi connectivity index (χ3n) is 2.13. The van der Waals surface area contributed by atoms with Gasteiger partial charge in [0, 0.05) is 26.2 Å². The van der Waals surface area contributed by atoms with E-state index in [-0.39, 0.29) is 0 Å². The number of carbonyl (C=O) groups is 2. The molecule has 0 radical (unpaired) electrons. The maximum absolute atomic E-state index is 11.4. The summed E-state index contributed by atoms with van der Waals surface area (Å²) in [6.07, 6.45) is -0.958. The van der Waals surface area contributed by atoms with Crippen LogP contribution in [0.1, 0.15) is 41.5 Å². The molecule has 4 N–H and O–H groups in total. The van der Waals surface area contributed by atoms with Crippen LogP contribution in [-0.2, 0) is 9.47 Å². The molecule has 0 fully saturated rings. The second kappa shape index (κ2) is 8.79. The van der Waals surface area contributed by atoms with Crippen molar-refractivity contribution in [2.24, 2.45) is 5.84 Å². The summed E-state index contributed by atoms with van der Waals surface area (Å²) in [4.78, 5) is 22.8. The van der Waals surface area contributed by atoms with Gasteiger partial charge in [0.1, 0.15) is 11.2 Å². The van der Waals surface area contributed by atoms with E-state index in [2.05, 4.69) is 10.6 Å². The average Bonchev–Trinajstić information content (AvgIpc) is 2.23. The highest BCUT2D eigenvalue weighted by Gasteiger charge is 2.16. The number of hydrogen-bond donors (Lipinski definition) is 3. The minimum atomic E-state index is -0.524. The van der Waals surface area contributed by atoms with Gasteiger partial charge >= 0.3 is 12.2 Å². The zero-order chi connectivity index (χ0) is 17.4. The number of alkyl carbamates (subject to hydrolysis) is 2. The van der Waals surface area contributed by atoms with Crippen molar-refractivity contribution < 1.29 is 19.1 Å². The van der Waals surface area contributed by atoms with Crippen molar-refractivity contribution in [2.45, 2.75) is 52.7 Å². The zero-order valence-corrected chi connectivity index (χ0v) is 14.5. The molecule has 130 valence electrons. The fourth-order valence-corrected chi connectivity index (χ4v) is 1.34. The summed E-state index contributed by atoms with van der Waals surface area (Å²) >= 11 is 0. The maximum Gasteiger partial charge on any atom is 0.407 e. The van der Waals surface area contributed by atoms with Crippen LogP contribution in [0.25, 0.3) is 0 Å². The van der Waals surface area contributed by atoms with E-state index in [0.717, 1.165) is 0 Å². The summed E-state index contributed by atoms with van der Waals surface area (Å²) in [5.74, 6) is 5.75. The molecule has 0 saturated carbocycles. The third-order valence-corrected chi connectivity index (χ3v) is 2.13. The van der Waals surface area contributed by atoms with Crippen LogP contribution in [0, 0.1) is 0 Å². The molecule has 0 spiro atoms. The number of amides is 2. The molecule has 0 aliphatic carbocycles. The van der Waals surface area contributed by atoms with E-state index in [1.54, 1.807) is 41.5 Å². The van der Waals surface area contributed by atoms with Crippen LogP contribution in [0.2, 0.25) is 0 Å². The Morgan fingerprint density at radius 3 is 1.45 bits per heavy atom. The molecule has 8 nitrogen and oxygen atoms in total. The van der Waals surface area contributed by atoms with Crippen LogP contribution < -0.4 is 16.5 Å². The number of nitrogens with one attached hydrogen (secondary N) is 2. The van der Waals surface area contributed by atoms with Crippen LogP contribution in [0.3, 0.4) is 0 Å². The first-order valence-corrected chi connectivity index (χ1v) is 7.32. The van der Waals surface area contributed by atoms with Gasteiger partial charge in [-0.1, -0.05) is 0 Å². The minimum Gasteiger partial charge on any atom is -0.444 e. The van der Waals surface area contributed by atoms with Gasteiger partial charge in [0.25, 0.3) is 0 Å². The molecule has 0 aliphatic heterocycles. The van der Waals surface area contributed by atoms with Crippen molar-refractivity contribution in [2.75, 3.05) is 26.2 Å². The lowest BCUT2D eigenvalue weighted by Crippen LogP contribution is -2.44. The molecule has 0 bridgehead atoms. The maximum atomic E-state index is 11.4. The lowest BCUT2D eigenvalue weighted by molar-refractivity contribution is 0.0520. The van der Waals surface area contributed by atoms with Gasteiger partial charge in [0.2, 0.25) is 0 Å². The van der Waals surface area contributed by atoms with Crippen molar-refractivity contribution in [3.05, 3.63) is 0 Å². The summed E-state index contributed by atoms with van der Waals surface area (Å²) in [6, 6.07) is 0. The summed E-state index contributed by atoms with van der Waals surface area (Å²) in [5, 5.41) is 6.71. The number of nitrogens with two attached hydrogens (primary N) is 1.